The molecule has 0 spiro atoms. The molecule has 148 valence electrons. The molecule has 0 aromatic carbocycles. The first-order chi connectivity index (χ1) is 14.7. The third-order valence-electron chi connectivity index (χ3n) is 4.86. The summed E-state index contributed by atoms with van der Waals surface area (Å²) in [4.78, 5) is 20.4. The van der Waals surface area contributed by atoms with E-state index < -0.39 is 0 Å². The minimum Gasteiger partial charge on any atom is -0.472 e. The highest BCUT2D eigenvalue weighted by Gasteiger charge is 2.11. The van der Waals surface area contributed by atoms with Crippen LogP contribution in [0, 0.1) is 0 Å². The first-order valence-corrected chi connectivity index (χ1v) is 9.27. The quantitative estimate of drug-likeness (QED) is 0.419. The highest BCUT2D eigenvalue weighted by molar-refractivity contribution is 5.72. The summed E-state index contributed by atoms with van der Waals surface area (Å²) >= 11 is 0. The Bertz CT molecular complexity index is 1330. The first kappa shape index (κ1) is 17.9. The lowest BCUT2D eigenvalue weighted by Crippen LogP contribution is -2.11. The van der Waals surface area contributed by atoms with Crippen LogP contribution in [-0.4, -0.2) is 37.2 Å². The van der Waals surface area contributed by atoms with E-state index in [1.165, 1.54) is 7.11 Å². The summed E-state index contributed by atoms with van der Waals surface area (Å²) in [7, 11) is 1.36. The summed E-state index contributed by atoms with van der Waals surface area (Å²) in [6.45, 7) is 0.0723. The molecule has 0 aliphatic heterocycles. The van der Waals surface area contributed by atoms with Crippen LogP contribution in [0.15, 0.2) is 78.3 Å². The fraction of sp³-hybridized carbons (Fsp3) is 0.0909. The molecule has 0 fully saturated rings. The molecule has 0 radical (unpaired) electrons. The Kier molecular flexibility index (Phi) is 4.36. The summed E-state index contributed by atoms with van der Waals surface area (Å²) in [5, 5.41) is 4.24. The summed E-state index contributed by atoms with van der Waals surface area (Å²) in [6.07, 6.45) is 12.5. The number of hydrogen-bond acceptors (Lipinski definition) is 6. The number of aromatic nitrogens is 5. The number of carbonyl (C=O) groups excluding carboxylic acids is 1. The van der Waals surface area contributed by atoms with Gasteiger partial charge in [0.05, 0.1) is 43.4 Å². The number of furan rings is 1. The zero-order valence-corrected chi connectivity index (χ0v) is 16.1. The van der Waals surface area contributed by atoms with Crippen LogP contribution < -0.4 is 0 Å². The molecule has 0 unspecified atom stereocenters. The number of carbonyl (C=O) groups is 1. The fourth-order valence-electron chi connectivity index (χ4n) is 3.32. The van der Waals surface area contributed by atoms with Crippen molar-refractivity contribution >= 4 is 11.6 Å². The molecule has 5 aromatic heterocycles. The zero-order valence-electron chi connectivity index (χ0n) is 16.1. The number of hydrogen-bond donors (Lipinski definition) is 0. The number of pyridine rings is 2. The number of esters is 1. The molecule has 0 atom stereocenters. The Balaban J connectivity index is 1.53. The second kappa shape index (κ2) is 7.32. The Hall–Kier alpha value is -4.20. The molecule has 0 aliphatic rings. The average molecular weight is 399 g/mol. The van der Waals surface area contributed by atoms with Gasteiger partial charge in [0.25, 0.3) is 0 Å². The van der Waals surface area contributed by atoms with Gasteiger partial charge in [0.2, 0.25) is 0 Å². The van der Waals surface area contributed by atoms with Crippen LogP contribution in [0.5, 0.6) is 0 Å². The van der Waals surface area contributed by atoms with E-state index in [4.69, 9.17) is 9.15 Å². The van der Waals surface area contributed by atoms with Crippen molar-refractivity contribution in [3.8, 4) is 33.6 Å². The van der Waals surface area contributed by atoms with E-state index >= 15 is 0 Å². The van der Waals surface area contributed by atoms with Crippen LogP contribution in [0.1, 0.15) is 0 Å². The molecule has 5 rings (SSSR count). The van der Waals surface area contributed by atoms with Gasteiger partial charge >= 0.3 is 5.97 Å². The molecule has 0 saturated heterocycles. The summed E-state index contributed by atoms with van der Waals surface area (Å²) in [6, 6.07) is 9.78. The van der Waals surface area contributed by atoms with E-state index in [2.05, 4.69) is 15.1 Å². The number of ether oxygens (including phenoxy) is 1. The minimum atomic E-state index is -0.344. The van der Waals surface area contributed by atoms with Gasteiger partial charge in [0, 0.05) is 40.8 Å². The second-order valence-corrected chi connectivity index (χ2v) is 6.73. The van der Waals surface area contributed by atoms with Crippen molar-refractivity contribution in [2.45, 2.75) is 6.54 Å². The van der Waals surface area contributed by atoms with Gasteiger partial charge in [-0.15, -0.1) is 0 Å². The summed E-state index contributed by atoms with van der Waals surface area (Å²) in [5.74, 6) is -0.344. The molecule has 0 amide bonds. The molecule has 5 aromatic rings. The Morgan fingerprint density at radius 1 is 1.03 bits per heavy atom. The maximum atomic E-state index is 11.5. The van der Waals surface area contributed by atoms with Gasteiger partial charge in [-0.05, 0) is 30.3 Å². The predicted octanol–water partition coefficient (Wildman–Crippen LogP) is 3.69. The third-order valence-corrected chi connectivity index (χ3v) is 4.86. The number of methoxy groups -OCH3 is 1. The van der Waals surface area contributed by atoms with Gasteiger partial charge in [-0.2, -0.15) is 5.10 Å². The maximum Gasteiger partial charge on any atom is 0.327 e. The number of rotatable bonds is 5. The number of imidazole rings is 1. The maximum absolute atomic E-state index is 11.5. The number of fused-ring (bicyclic) bond motifs is 1. The van der Waals surface area contributed by atoms with Crippen molar-refractivity contribution < 1.29 is 13.9 Å². The Morgan fingerprint density at radius 2 is 1.97 bits per heavy atom. The van der Waals surface area contributed by atoms with Crippen molar-refractivity contribution in [3.05, 3.63) is 73.8 Å². The molecule has 8 heteroatoms. The van der Waals surface area contributed by atoms with Gasteiger partial charge in [-0.3, -0.25) is 18.9 Å². The van der Waals surface area contributed by atoms with E-state index in [0.717, 1.165) is 39.3 Å². The van der Waals surface area contributed by atoms with Crippen LogP contribution in [-0.2, 0) is 16.1 Å². The molecule has 0 bridgehead atoms. The van der Waals surface area contributed by atoms with Gasteiger partial charge in [-0.1, -0.05) is 0 Å². The minimum absolute atomic E-state index is 0.0723. The smallest absolute Gasteiger partial charge is 0.327 e. The molecule has 0 saturated carbocycles. The van der Waals surface area contributed by atoms with Crippen molar-refractivity contribution in [1.29, 1.82) is 0 Å². The normalized spacial score (nSPS) is 11.1. The van der Waals surface area contributed by atoms with Gasteiger partial charge in [0.1, 0.15) is 12.2 Å². The standard InChI is InChI=1S/C22H17N5O3/c1-29-22(28)13-26-11-18(9-25-26)16-2-3-21-24-10-20(27(21)12-16)15-4-6-23-19(8-15)17-5-7-30-14-17/h2-12,14H,13H2,1H3. The Morgan fingerprint density at radius 3 is 2.80 bits per heavy atom. The van der Waals surface area contributed by atoms with Gasteiger partial charge in [0.15, 0.2) is 0 Å². The van der Waals surface area contributed by atoms with E-state index in [1.807, 2.05) is 53.3 Å². The molecular formula is C22H17N5O3. The fourth-order valence-corrected chi connectivity index (χ4v) is 3.32. The lowest BCUT2D eigenvalue weighted by molar-refractivity contribution is -0.141. The van der Waals surface area contributed by atoms with Crippen LogP contribution in [0.25, 0.3) is 39.3 Å². The molecule has 5 heterocycles. The zero-order chi connectivity index (χ0) is 20.5. The average Bonchev–Trinajstić information content (AvgIpc) is 3.53. The highest BCUT2D eigenvalue weighted by atomic mass is 16.5. The molecule has 0 N–H and O–H groups in total. The third kappa shape index (κ3) is 3.24. The van der Waals surface area contributed by atoms with Crippen molar-refractivity contribution in [1.82, 2.24) is 24.1 Å². The lowest BCUT2D eigenvalue weighted by atomic mass is 10.1. The summed E-state index contributed by atoms with van der Waals surface area (Å²) in [5.41, 5.74) is 6.38. The van der Waals surface area contributed by atoms with Crippen LogP contribution in [0.2, 0.25) is 0 Å². The number of nitrogens with zero attached hydrogens (tertiary/aromatic N) is 5. The predicted molar refractivity (Wildman–Crippen MR) is 109 cm³/mol. The van der Waals surface area contributed by atoms with E-state index in [1.54, 1.807) is 29.6 Å². The van der Waals surface area contributed by atoms with Crippen molar-refractivity contribution in [2.75, 3.05) is 7.11 Å². The first-order valence-electron chi connectivity index (χ1n) is 9.27. The summed E-state index contributed by atoms with van der Waals surface area (Å²) < 4.78 is 13.5. The van der Waals surface area contributed by atoms with Gasteiger partial charge < -0.3 is 9.15 Å². The largest absolute Gasteiger partial charge is 0.472 e. The van der Waals surface area contributed by atoms with Crippen LogP contribution >= 0.6 is 0 Å². The molecular weight excluding hydrogens is 382 g/mol. The van der Waals surface area contributed by atoms with Crippen molar-refractivity contribution in [2.24, 2.45) is 0 Å². The lowest BCUT2D eigenvalue weighted by Gasteiger charge is -2.06. The van der Waals surface area contributed by atoms with Gasteiger partial charge in [-0.25, -0.2) is 4.98 Å². The van der Waals surface area contributed by atoms with Crippen LogP contribution in [0.4, 0.5) is 0 Å². The van der Waals surface area contributed by atoms with E-state index in [9.17, 15) is 4.79 Å². The highest BCUT2D eigenvalue weighted by Crippen LogP contribution is 2.27. The van der Waals surface area contributed by atoms with Crippen molar-refractivity contribution in [3.63, 3.8) is 0 Å². The monoisotopic (exact) mass is 399 g/mol. The molecule has 30 heavy (non-hydrogen) atoms. The molecule has 8 nitrogen and oxygen atoms in total. The van der Waals surface area contributed by atoms with Crippen LogP contribution in [0.3, 0.4) is 0 Å². The Labute approximate surface area is 171 Å². The molecule has 0 aliphatic carbocycles. The van der Waals surface area contributed by atoms with E-state index in [0.29, 0.717) is 0 Å². The van der Waals surface area contributed by atoms with E-state index in [-0.39, 0.29) is 12.5 Å². The SMILES string of the molecule is COC(=O)Cn1cc(-c2ccc3ncc(-c4ccnc(-c5ccoc5)c4)n3c2)cn1. The topological polar surface area (TPSA) is 87.5 Å². The second-order valence-electron chi connectivity index (χ2n) is 6.73.